The predicted molar refractivity (Wildman–Crippen MR) is 56.6 cm³/mol. The number of benzene rings is 1. The fraction of sp³-hybridized carbons (Fsp3) is 0.182. The Bertz CT molecular complexity index is 306. The molecule has 0 radical (unpaired) electrons. The van der Waals surface area contributed by atoms with Crippen LogP contribution in [0, 0.1) is 0 Å². The van der Waals surface area contributed by atoms with Crippen LogP contribution in [0.2, 0.25) is 0 Å². The highest BCUT2D eigenvalue weighted by atomic mass is 35.5. The normalized spacial score (nSPS) is 10.4. The third kappa shape index (κ3) is 3.62. The van der Waals surface area contributed by atoms with E-state index in [4.69, 9.17) is 16.3 Å². The van der Waals surface area contributed by atoms with Crippen LogP contribution in [0.4, 0.5) is 0 Å². The van der Waals surface area contributed by atoms with E-state index < -0.39 is 0 Å². The zero-order chi connectivity index (χ0) is 10.2. The molecule has 0 spiro atoms. The first-order valence-electron chi connectivity index (χ1n) is 4.27. The summed E-state index contributed by atoms with van der Waals surface area (Å²) in [5.41, 5.74) is 0.562. The second kappa shape index (κ2) is 6.22. The maximum Gasteiger partial charge on any atom is 0.338 e. The summed E-state index contributed by atoms with van der Waals surface area (Å²) in [7, 11) is 0. The van der Waals surface area contributed by atoms with E-state index in [1.165, 1.54) is 0 Å². The molecule has 0 heterocycles. The van der Waals surface area contributed by atoms with E-state index in [0.29, 0.717) is 11.4 Å². The van der Waals surface area contributed by atoms with Crippen molar-refractivity contribution in [1.29, 1.82) is 0 Å². The van der Waals surface area contributed by atoms with Crippen LogP contribution in [0.5, 0.6) is 0 Å². The molecular formula is C11H11ClO2. The summed E-state index contributed by atoms with van der Waals surface area (Å²) in [6.45, 7) is 0.264. The number of carbonyl (C=O) groups is 1. The van der Waals surface area contributed by atoms with Crippen molar-refractivity contribution < 1.29 is 9.53 Å². The van der Waals surface area contributed by atoms with Gasteiger partial charge in [0.1, 0.15) is 6.61 Å². The molecule has 0 aromatic heterocycles. The Morgan fingerprint density at radius 2 is 2.00 bits per heavy atom. The molecule has 0 fully saturated rings. The van der Waals surface area contributed by atoms with E-state index in [-0.39, 0.29) is 12.6 Å². The molecular weight excluding hydrogens is 200 g/mol. The molecule has 0 aliphatic rings. The lowest BCUT2D eigenvalue weighted by Crippen LogP contribution is -2.04. The van der Waals surface area contributed by atoms with Crippen molar-refractivity contribution >= 4 is 17.6 Å². The van der Waals surface area contributed by atoms with Crippen molar-refractivity contribution in [2.75, 3.05) is 12.5 Å². The van der Waals surface area contributed by atoms with Crippen molar-refractivity contribution in [3.8, 4) is 0 Å². The lowest BCUT2D eigenvalue weighted by atomic mass is 10.2. The number of alkyl halides is 1. The molecule has 0 N–H and O–H groups in total. The number of allylic oxidation sites excluding steroid dienone is 1. The summed E-state index contributed by atoms with van der Waals surface area (Å²) < 4.78 is 4.95. The number of halogens is 1. The zero-order valence-corrected chi connectivity index (χ0v) is 8.41. The molecule has 0 atom stereocenters. The molecule has 0 unspecified atom stereocenters. The number of carbonyl (C=O) groups excluding carboxylic acids is 1. The molecule has 1 rings (SSSR count). The van der Waals surface area contributed by atoms with Gasteiger partial charge in [-0.05, 0) is 12.1 Å². The standard InChI is InChI=1S/C11H11ClO2/c12-8-4-5-9-14-11(13)10-6-2-1-3-7-10/h1-7H,8-9H2/b5-4+. The highest BCUT2D eigenvalue weighted by Gasteiger charge is 2.03. The van der Waals surface area contributed by atoms with Crippen LogP contribution < -0.4 is 0 Å². The summed E-state index contributed by atoms with van der Waals surface area (Å²) in [5.74, 6) is 0.118. The van der Waals surface area contributed by atoms with Crippen molar-refractivity contribution in [2.45, 2.75) is 0 Å². The Hall–Kier alpha value is -1.28. The fourth-order valence-corrected chi connectivity index (χ4v) is 1.04. The van der Waals surface area contributed by atoms with Gasteiger partial charge in [-0.1, -0.05) is 30.4 Å². The molecule has 3 heteroatoms. The van der Waals surface area contributed by atoms with Gasteiger partial charge in [-0.25, -0.2) is 4.79 Å². The Balaban J connectivity index is 2.40. The van der Waals surface area contributed by atoms with Gasteiger partial charge in [0.25, 0.3) is 0 Å². The van der Waals surface area contributed by atoms with Gasteiger partial charge in [0.15, 0.2) is 0 Å². The van der Waals surface area contributed by atoms with E-state index in [9.17, 15) is 4.79 Å². The third-order valence-electron chi connectivity index (χ3n) is 1.58. The maximum atomic E-state index is 11.3. The minimum absolute atomic E-state index is 0.264. The summed E-state index contributed by atoms with van der Waals surface area (Å²) >= 11 is 5.41. The average Bonchev–Trinajstić information content (AvgIpc) is 2.25. The Labute approximate surface area is 88.1 Å². The number of rotatable bonds is 4. The van der Waals surface area contributed by atoms with Gasteiger partial charge < -0.3 is 4.74 Å². The molecule has 0 aliphatic heterocycles. The lowest BCUT2D eigenvalue weighted by molar-refractivity contribution is 0.0549. The van der Waals surface area contributed by atoms with E-state index >= 15 is 0 Å². The Morgan fingerprint density at radius 1 is 1.29 bits per heavy atom. The predicted octanol–water partition coefficient (Wildman–Crippen LogP) is 2.64. The van der Waals surface area contributed by atoms with Gasteiger partial charge in [-0.3, -0.25) is 0 Å². The van der Waals surface area contributed by atoms with Crippen LogP contribution in [-0.2, 0) is 4.74 Å². The number of esters is 1. The topological polar surface area (TPSA) is 26.3 Å². The van der Waals surface area contributed by atoms with Crippen LogP contribution in [0.25, 0.3) is 0 Å². The van der Waals surface area contributed by atoms with E-state index in [1.54, 1.807) is 36.4 Å². The minimum Gasteiger partial charge on any atom is -0.458 e. The summed E-state index contributed by atoms with van der Waals surface area (Å²) in [5, 5.41) is 0. The Morgan fingerprint density at radius 3 is 2.64 bits per heavy atom. The molecule has 74 valence electrons. The van der Waals surface area contributed by atoms with Gasteiger partial charge in [-0.2, -0.15) is 0 Å². The largest absolute Gasteiger partial charge is 0.458 e. The zero-order valence-electron chi connectivity index (χ0n) is 7.65. The average molecular weight is 211 g/mol. The first-order valence-corrected chi connectivity index (χ1v) is 4.81. The van der Waals surface area contributed by atoms with Gasteiger partial charge in [0, 0.05) is 5.88 Å². The van der Waals surface area contributed by atoms with Crippen LogP contribution >= 0.6 is 11.6 Å². The molecule has 1 aromatic carbocycles. The van der Waals surface area contributed by atoms with Gasteiger partial charge >= 0.3 is 5.97 Å². The quantitative estimate of drug-likeness (QED) is 0.434. The van der Waals surface area contributed by atoms with Crippen molar-refractivity contribution in [1.82, 2.24) is 0 Å². The monoisotopic (exact) mass is 210 g/mol. The molecule has 14 heavy (non-hydrogen) atoms. The second-order valence-electron chi connectivity index (χ2n) is 2.59. The molecule has 2 nitrogen and oxygen atoms in total. The van der Waals surface area contributed by atoms with E-state index in [1.807, 2.05) is 6.07 Å². The van der Waals surface area contributed by atoms with Gasteiger partial charge in [-0.15, -0.1) is 11.6 Å². The molecule has 0 aliphatic carbocycles. The highest BCUT2D eigenvalue weighted by molar-refractivity contribution is 6.18. The highest BCUT2D eigenvalue weighted by Crippen LogP contribution is 2.00. The lowest BCUT2D eigenvalue weighted by Gasteiger charge is -2.00. The van der Waals surface area contributed by atoms with Crippen molar-refractivity contribution in [2.24, 2.45) is 0 Å². The molecule has 0 saturated carbocycles. The van der Waals surface area contributed by atoms with Gasteiger partial charge in [0.2, 0.25) is 0 Å². The third-order valence-corrected chi connectivity index (χ3v) is 1.75. The maximum absolute atomic E-state index is 11.3. The molecule has 0 bridgehead atoms. The summed E-state index contributed by atoms with van der Waals surface area (Å²) in [6, 6.07) is 8.88. The second-order valence-corrected chi connectivity index (χ2v) is 2.90. The summed E-state index contributed by atoms with van der Waals surface area (Å²) in [4.78, 5) is 11.3. The number of hydrogen-bond donors (Lipinski definition) is 0. The SMILES string of the molecule is O=C(OC/C=C/CCl)c1ccccc1. The van der Waals surface area contributed by atoms with Crippen LogP contribution in [-0.4, -0.2) is 18.5 Å². The van der Waals surface area contributed by atoms with Crippen molar-refractivity contribution in [3.63, 3.8) is 0 Å². The fourth-order valence-electron chi connectivity index (χ4n) is 0.912. The minimum atomic E-state index is -0.315. The van der Waals surface area contributed by atoms with Crippen LogP contribution in [0.3, 0.4) is 0 Å². The molecule has 0 saturated heterocycles. The number of hydrogen-bond acceptors (Lipinski definition) is 2. The van der Waals surface area contributed by atoms with Crippen molar-refractivity contribution in [3.05, 3.63) is 48.0 Å². The molecule has 1 aromatic rings. The van der Waals surface area contributed by atoms with E-state index in [0.717, 1.165) is 0 Å². The van der Waals surface area contributed by atoms with Crippen LogP contribution in [0.1, 0.15) is 10.4 Å². The summed E-state index contributed by atoms with van der Waals surface area (Å²) in [6.07, 6.45) is 3.45. The Kier molecular flexibility index (Phi) is 4.79. The van der Waals surface area contributed by atoms with E-state index in [2.05, 4.69) is 0 Å². The smallest absolute Gasteiger partial charge is 0.338 e. The first kappa shape index (κ1) is 10.8. The number of ether oxygens (including phenoxy) is 1. The first-order chi connectivity index (χ1) is 6.84. The molecule has 0 amide bonds. The van der Waals surface area contributed by atoms with Gasteiger partial charge in [0.05, 0.1) is 5.56 Å². The van der Waals surface area contributed by atoms with Crippen LogP contribution in [0.15, 0.2) is 42.5 Å².